The van der Waals surface area contributed by atoms with Crippen LogP contribution in [-0.2, 0) is 4.79 Å². The number of nitrogens with one attached hydrogen (secondary N) is 1. The van der Waals surface area contributed by atoms with Crippen molar-refractivity contribution in [2.24, 2.45) is 5.92 Å². The lowest BCUT2D eigenvalue weighted by Crippen LogP contribution is -2.36. The molecular formula is C16H23ClN2O4. The Kier molecular flexibility index (Phi) is 7.81. The summed E-state index contributed by atoms with van der Waals surface area (Å²) in [7, 11) is 0. The second-order valence-electron chi connectivity index (χ2n) is 5.95. The van der Waals surface area contributed by atoms with Crippen molar-refractivity contribution in [1.82, 2.24) is 5.32 Å². The number of nitrogens with zero attached hydrogens (tertiary/aromatic N) is 1. The highest BCUT2D eigenvalue weighted by atomic mass is 35.5. The fraction of sp³-hybridized carbons (Fsp3) is 0.562. The van der Waals surface area contributed by atoms with Crippen molar-refractivity contribution in [1.29, 1.82) is 0 Å². The van der Waals surface area contributed by atoms with Gasteiger partial charge in [0.1, 0.15) is 5.75 Å². The van der Waals surface area contributed by atoms with Gasteiger partial charge in [-0.3, -0.25) is 14.9 Å². The summed E-state index contributed by atoms with van der Waals surface area (Å²) in [6.07, 6.45) is 3.12. The van der Waals surface area contributed by atoms with E-state index >= 15 is 0 Å². The molecule has 0 saturated carbocycles. The fourth-order valence-electron chi connectivity index (χ4n) is 2.08. The van der Waals surface area contributed by atoms with Gasteiger partial charge in [-0.05, 0) is 25.3 Å². The molecule has 1 aromatic rings. The van der Waals surface area contributed by atoms with E-state index in [0.717, 1.165) is 19.3 Å². The molecule has 0 unspecified atom stereocenters. The molecule has 0 heterocycles. The first-order chi connectivity index (χ1) is 10.8. The normalized spacial score (nSPS) is 12.0. The molecule has 0 fully saturated rings. The van der Waals surface area contributed by atoms with E-state index in [-0.39, 0.29) is 35.0 Å². The first-order valence-corrected chi connectivity index (χ1v) is 8.03. The number of amides is 1. The summed E-state index contributed by atoms with van der Waals surface area (Å²) >= 11 is 5.90. The lowest BCUT2D eigenvalue weighted by molar-refractivity contribution is -0.384. The molecule has 0 saturated heterocycles. The summed E-state index contributed by atoms with van der Waals surface area (Å²) in [6, 6.07) is 3.95. The van der Waals surface area contributed by atoms with Crippen LogP contribution in [0.15, 0.2) is 18.2 Å². The molecule has 0 aliphatic rings. The Bertz CT molecular complexity index is 549. The van der Waals surface area contributed by atoms with Crippen molar-refractivity contribution in [2.75, 3.05) is 6.61 Å². The van der Waals surface area contributed by atoms with E-state index in [0.29, 0.717) is 5.92 Å². The quantitative estimate of drug-likeness (QED) is 0.544. The fourth-order valence-corrected chi connectivity index (χ4v) is 2.31. The van der Waals surface area contributed by atoms with E-state index in [1.54, 1.807) is 0 Å². The molecule has 6 nitrogen and oxygen atoms in total. The number of benzene rings is 1. The predicted molar refractivity (Wildman–Crippen MR) is 89.9 cm³/mol. The zero-order chi connectivity index (χ0) is 17.4. The van der Waals surface area contributed by atoms with Gasteiger partial charge in [0.25, 0.3) is 11.6 Å². The minimum atomic E-state index is -0.540. The molecule has 1 N–H and O–H groups in total. The molecular weight excluding hydrogens is 320 g/mol. The van der Waals surface area contributed by atoms with Crippen LogP contribution in [0.2, 0.25) is 5.02 Å². The third-order valence-corrected chi connectivity index (χ3v) is 3.61. The zero-order valence-corrected chi connectivity index (χ0v) is 14.4. The van der Waals surface area contributed by atoms with Crippen LogP contribution in [0.4, 0.5) is 5.69 Å². The predicted octanol–water partition coefficient (Wildman–Crippen LogP) is 3.96. The average molecular weight is 343 g/mol. The highest BCUT2D eigenvalue weighted by molar-refractivity contribution is 6.32. The van der Waals surface area contributed by atoms with Crippen LogP contribution >= 0.6 is 11.6 Å². The Balaban J connectivity index is 2.39. The van der Waals surface area contributed by atoms with Crippen LogP contribution < -0.4 is 10.1 Å². The molecule has 0 aliphatic heterocycles. The van der Waals surface area contributed by atoms with Crippen LogP contribution in [0.3, 0.4) is 0 Å². The first-order valence-electron chi connectivity index (χ1n) is 7.65. The number of non-ortho nitro benzene ring substituents is 1. The van der Waals surface area contributed by atoms with Gasteiger partial charge < -0.3 is 10.1 Å². The van der Waals surface area contributed by atoms with Gasteiger partial charge in [0.15, 0.2) is 6.61 Å². The number of nitro groups is 1. The van der Waals surface area contributed by atoms with E-state index in [4.69, 9.17) is 16.3 Å². The lowest BCUT2D eigenvalue weighted by Gasteiger charge is -2.15. The summed E-state index contributed by atoms with van der Waals surface area (Å²) in [5.74, 6) is 0.668. The van der Waals surface area contributed by atoms with Crippen LogP contribution in [0.1, 0.15) is 40.0 Å². The Labute approximate surface area is 141 Å². The molecule has 0 radical (unpaired) electrons. The Morgan fingerprint density at radius 1 is 1.35 bits per heavy atom. The Morgan fingerprint density at radius 3 is 2.61 bits per heavy atom. The van der Waals surface area contributed by atoms with Crippen LogP contribution in [0.25, 0.3) is 0 Å². The summed E-state index contributed by atoms with van der Waals surface area (Å²) in [4.78, 5) is 21.9. The molecule has 23 heavy (non-hydrogen) atoms. The van der Waals surface area contributed by atoms with Crippen molar-refractivity contribution in [3.8, 4) is 5.75 Å². The second-order valence-corrected chi connectivity index (χ2v) is 6.36. The third-order valence-electron chi connectivity index (χ3n) is 3.31. The summed E-state index contributed by atoms with van der Waals surface area (Å²) in [5.41, 5.74) is -0.120. The van der Waals surface area contributed by atoms with Gasteiger partial charge in [-0.1, -0.05) is 38.3 Å². The van der Waals surface area contributed by atoms with Gasteiger partial charge in [0.05, 0.1) is 9.95 Å². The van der Waals surface area contributed by atoms with E-state index in [1.807, 2.05) is 6.92 Å². The number of hydrogen-bond donors (Lipinski definition) is 1. The summed E-state index contributed by atoms with van der Waals surface area (Å²) in [5, 5.41) is 13.6. The van der Waals surface area contributed by atoms with Crippen molar-refractivity contribution < 1.29 is 14.5 Å². The van der Waals surface area contributed by atoms with Gasteiger partial charge in [-0.15, -0.1) is 0 Å². The second kappa shape index (κ2) is 9.35. The summed E-state index contributed by atoms with van der Waals surface area (Å²) in [6.45, 7) is 6.12. The minimum absolute atomic E-state index is 0.0807. The van der Waals surface area contributed by atoms with E-state index in [1.165, 1.54) is 18.2 Å². The smallest absolute Gasteiger partial charge is 0.271 e. The van der Waals surface area contributed by atoms with Crippen LogP contribution in [-0.4, -0.2) is 23.5 Å². The molecule has 128 valence electrons. The average Bonchev–Trinajstić information content (AvgIpc) is 2.45. The van der Waals surface area contributed by atoms with Gasteiger partial charge in [-0.2, -0.15) is 0 Å². The Morgan fingerprint density at radius 2 is 2.04 bits per heavy atom. The standard InChI is InChI=1S/C16H23ClN2O4/c1-11(2)5-4-6-12(3)18-16(20)10-23-15-8-7-13(19(21)22)9-14(15)17/h7-9,11-12H,4-6,10H2,1-3H3,(H,18,20)/t12-/m0/s1. The number of hydrogen-bond acceptors (Lipinski definition) is 4. The molecule has 0 bridgehead atoms. The SMILES string of the molecule is CC(C)CCC[C@H](C)NC(=O)COc1ccc([N+](=O)[O-])cc1Cl. The molecule has 1 rings (SSSR count). The lowest BCUT2D eigenvalue weighted by atomic mass is 10.0. The maximum Gasteiger partial charge on any atom is 0.271 e. The van der Waals surface area contributed by atoms with Crippen LogP contribution in [0.5, 0.6) is 5.75 Å². The number of nitro benzene ring substituents is 1. The largest absolute Gasteiger partial charge is 0.482 e. The maximum absolute atomic E-state index is 11.8. The van der Waals surface area contributed by atoms with Gasteiger partial charge in [-0.25, -0.2) is 0 Å². The molecule has 0 aromatic heterocycles. The topological polar surface area (TPSA) is 81.5 Å². The first kappa shape index (κ1) is 19.2. The highest BCUT2D eigenvalue weighted by Crippen LogP contribution is 2.28. The van der Waals surface area contributed by atoms with Crippen molar-refractivity contribution in [3.05, 3.63) is 33.3 Å². The van der Waals surface area contributed by atoms with E-state index < -0.39 is 4.92 Å². The molecule has 0 spiro atoms. The van der Waals surface area contributed by atoms with E-state index in [9.17, 15) is 14.9 Å². The number of halogens is 1. The molecule has 7 heteroatoms. The van der Waals surface area contributed by atoms with Crippen molar-refractivity contribution >= 4 is 23.2 Å². The van der Waals surface area contributed by atoms with Crippen LogP contribution in [0, 0.1) is 16.0 Å². The number of rotatable bonds is 9. The zero-order valence-electron chi connectivity index (χ0n) is 13.7. The molecule has 0 aliphatic carbocycles. The maximum atomic E-state index is 11.8. The van der Waals surface area contributed by atoms with Crippen molar-refractivity contribution in [3.63, 3.8) is 0 Å². The number of carbonyl (C=O) groups excluding carboxylic acids is 1. The van der Waals surface area contributed by atoms with Gasteiger partial charge >= 0.3 is 0 Å². The number of carbonyl (C=O) groups is 1. The third kappa shape index (κ3) is 7.32. The van der Waals surface area contributed by atoms with Crippen molar-refractivity contribution in [2.45, 2.75) is 46.1 Å². The summed E-state index contributed by atoms with van der Waals surface area (Å²) < 4.78 is 5.31. The van der Waals surface area contributed by atoms with Gasteiger partial charge in [0, 0.05) is 18.2 Å². The molecule has 1 atom stereocenters. The number of ether oxygens (including phenoxy) is 1. The minimum Gasteiger partial charge on any atom is -0.482 e. The molecule has 1 amide bonds. The Hall–Kier alpha value is -1.82. The van der Waals surface area contributed by atoms with E-state index in [2.05, 4.69) is 19.2 Å². The van der Waals surface area contributed by atoms with Gasteiger partial charge in [0.2, 0.25) is 0 Å². The molecule has 1 aromatic carbocycles. The highest BCUT2D eigenvalue weighted by Gasteiger charge is 2.12. The monoisotopic (exact) mass is 342 g/mol.